The van der Waals surface area contributed by atoms with Gasteiger partial charge in [0.2, 0.25) is 0 Å². The maximum Gasteiger partial charge on any atom is 1.00 e. The second-order valence-corrected chi connectivity index (χ2v) is 18.7. The SMILES string of the molecule is COC1CC(N=NC2CCC3C(CCCC3S(=O)(=O)[O-])C2)CCC1N=NC1C(O)C2CC(N)C(S(=O)(=O)[O-])CC2CC1S(=O)(=O)[O-].[Li+].[Li+].[Li+]. The average Bonchev–Trinajstić information content (AvgIpc) is 2.97. The number of ether oxygens (including phenoxy) is 1. The van der Waals surface area contributed by atoms with Crippen molar-refractivity contribution in [1.29, 1.82) is 0 Å². The molecule has 16 nitrogen and oxygen atoms in total. The van der Waals surface area contributed by atoms with Crippen LogP contribution in [0.2, 0.25) is 0 Å². The number of aliphatic hydroxyl groups excluding tert-OH is 1. The summed E-state index contributed by atoms with van der Waals surface area (Å²) in [5, 5.41) is 25.0. The number of nitrogens with zero attached hydrogens (tertiary/aromatic N) is 4. The van der Waals surface area contributed by atoms with Gasteiger partial charge in [-0.3, -0.25) is 0 Å². The van der Waals surface area contributed by atoms with E-state index in [2.05, 4.69) is 20.5 Å². The molecule has 0 aromatic heterocycles. The first-order valence-corrected chi connectivity index (χ1v) is 20.5. The molecule has 0 aromatic rings. The molecule has 0 amide bonds. The van der Waals surface area contributed by atoms with Crippen molar-refractivity contribution in [3.8, 4) is 0 Å². The summed E-state index contributed by atoms with van der Waals surface area (Å²) in [7, 11) is -12.5. The Kier molecular flexibility index (Phi) is 17.1. The Hall–Kier alpha value is 0.602. The number of hydrogen-bond donors (Lipinski definition) is 2. The Bertz CT molecular complexity index is 1490. The van der Waals surface area contributed by atoms with Crippen LogP contribution < -0.4 is 62.3 Å². The van der Waals surface area contributed by atoms with E-state index >= 15 is 0 Å². The first kappa shape index (κ1) is 45.8. The quantitative estimate of drug-likeness (QED) is 0.134. The predicted octanol–water partition coefficient (Wildman–Crippen LogP) is -7.96. The van der Waals surface area contributed by atoms with E-state index in [0.717, 1.165) is 6.42 Å². The van der Waals surface area contributed by atoms with E-state index < -0.39 is 88.3 Å². The van der Waals surface area contributed by atoms with Crippen molar-refractivity contribution >= 4 is 30.4 Å². The molecule has 0 aromatic carbocycles. The van der Waals surface area contributed by atoms with E-state index in [0.29, 0.717) is 51.4 Å². The van der Waals surface area contributed by atoms with Crippen LogP contribution in [0.3, 0.4) is 0 Å². The maximum absolute atomic E-state index is 12.3. The molecular formula is C27H44Li3N5O11S3. The van der Waals surface area contributed by atoms with Crippen LogP contribution in [-0.2, 0) is 35.1 Å². The molecule has 5 aliphatic carbocycles. The smallest absolute Gasteiger partial charge is 0.748 e. The third-order valence-corrected chi connectivity index (χ3v) is 15.1. The van der Waals surface area contributed by atoms with Gasteiger partial charge in [0.1, 0.15) is 6.04 Å². The van der Waals surface area contributed by atoms with Gasteiger partial charge in [0.25, 0.3) is 0 Å². The topological polar surface area (TPSA) is 277 Å². The standard InChI is InChI=1S/C27H47N5O11S3.3Li/c1-43-22-12-17(30-29-16-5-7-18-14(9-16)3-2-4-23(18)44(34,35)36)6-8-21(22)31-32-26-25(46(40,41)42)11-15-10-24(45(37,38)39)20(28)13-19(15)27(26)33;;;/h14-27,33H,2-13,28H2,1H3,(H,34,35,36)(H,37,38,39)(H,40,41,42);;;/q;3*+1/p-3. The van der Waals surface area contributed by atoms with Crippen LogP contribution in [0, 0.1) is 23.7 Å². The van der Waals surface area contributed by atoms with Gasteiger partial charge in [0, 0.05) is 13.2 Å². The first-order chi connectivity index (χ1) is 21.5. The van der Waals surface area contributed by atoms with Crippen LogP contribution in [0.4, 0.5) is 0 Å². The van der Waals surface area contributed by atoms with E-state index in [9.17, 15) is 44.0 Å². The van der Waals surface area contributed by atoms with Crippen molar-refractivity contribution in [3.63, 3.8) is 0 Å². The van der Waals surface area contributed by atoms with Gasteiger partial charge < -0.3 is 29.2 Å². The zero-order valence-corrected chi connectivity index (χ0v) is 31.1. The molecule has 264 valence electrons. The maximum atomic E-state index is 12.3. The molecule has 3 N–H and O–H groups in total. The second-order valence-electron chi connectivity index (χ2n) is 14.0. The molecular weight excluding hydrogens is 687 g/mol. The van der Waals surface area contributed by atoms with Crippen molar-refractivity contribution in [2.24, 2.45) is 49.9 Å². The Morgan fingerprint density at radius 1 is 0.633 bits per heavy atom. The van der Waals surface area contributed by atoms with E-state index in [1.165, 1.54) is 7.11 Å². The molecule has 0 aliphatic heterocycles. The number of rotatable bonds is 8. The largest absolute Gasteiger partial charge is 1.00 e. The van der Waals surface area contributed by atoms with Gasteiger partial charge in [-0.05, 0) is 87.9 Å². The number of nitrogens with two attached hydrogens (primary N) is 1. The first-order valence-electron chi connectivity index (χ1n) is 16.1. The fourth-order valence-electron chi connectivity index (χ4n) is 8.95. The Morgan fingerprint density at radius 3 is 1.80 bits per heavy atom. The molecule has 0 bridgehead atoms. The van der Waals surface area contributed by atoms with Gasteiger partial charge >= 0.3 is 56.6 Å². The minimum absolute atomic E-state index is 0. The Balaban J connectivity index is 0.00000278. The molecule has 5 saturated carbocycles. The summed E-state index contributed by atoms with van der Waals surface area (Å²) in [5.74, 6) is -1.33. The molecule has 5 rings (SSSR count). The summed E-state index contributed by atoms with van der Waals surface area (Å²) < 4.78 is 113. The average molecular weight is 732 g/mol. The van der Waals surface area contributed by atoms with Crippen LogP contribution in [0.15, 0.2) is 20.5 Å². The third kappa shape index (κ3) is 10.9. The van der Waals surface area contributed by atoms with Gasteiger partial charge in [-0.15, -0.1) is 0 Å². The van der Waals surface area contributed by atoms with Crippen molar-refractivity contribution in [2.45, 2.75) is 135 Å². The van der Waals surface area contributed by atoms with E-state index in [1.807, 2.05) is 0 Å². The summed E-state index contributed by atoms with van der Waals surface area (Å²) in [6, 6.07) is -3.13. The van der Waals surface area contributed by atoms with Gasteiger partial charge in [-0.25, -0.2) is 25.3 Å². The fourth-order valence-corrected chi connectivity index (χ4v) is 12.2. The van der Waals surface area contributed by atoms with Crippen molar-refractivity contribution in [3.05, 3.63) is 0 Å². The van der Waals surface area contributed by atoms with Gasteiger partial charge in [-0.2, -0.15) is 20.5 Å². The van der Waals surface area contributed by atoms with E-state index in [4.69, 9.17) is 10.5 Å². The molecule has 0 heterocycles. The molecule has 5 aliphatic rings. The van der Waals surface area contributed by atoms with Crippen LogP contribution in [0.5, 0.6) is 0 Å². The zero-order chi connectivity index (χ0) is 33.6. The predicted molar refractivity (Wildman–Crippen MR) is 159 cm³/mol. The minimum atomic E-state index is -4.97. The number of fused-ring (bicyclic) bond motifs is 2. The minimum Gasteiger partial charge on any atom is -0.748 e. The molecule has 14 atom stereocenters. The summed E-state index contributed by atoms with van der Waals surface area (Å²) in [6.07, 6.45) is 3.14. The number of azo groups is 2. The summed E-state index contributed by atoms with van der Waals surface area (Å²) in [4.78, 5) is 0. The third-order valence-electron chi connectivity index (χ3n) is 11.3. The van der Waals surface area contributed by atoms with Gasteiger partial charge in [0.15, 0.2) is 0 Å². The monoisotopic (exact) mass is 731 g/mol. The number of methoxy groups -OCH3 is 1. The van der Waals surface area contributed by atoms with Crippen LogP contribution >= 0.6 is 0 Å². The Labute approximate surface area is 325 Å². The number of aliphatic hydroxyl groups is 1. The van der Waals surface area contributed by atoms with E-state index in [-0.39, 0.29) is 99.8 Å². The normalized spacial score (nSPS) is 41.8. The molecule has 0 spiro atoms. The van der Waals surface area contributed by atoms with Crippen LogP contribution in [0.25, 0.3) is 0 Å². The van der Waals surface area contributed by atoms with Crippen LogP contribution in [0.1, 0.15) is 77.0 Å². The summed E-state index contributed by atoms with van der Waals surface area (Å²) in [5.41, 5.74) is 5.97. The van der Waals surface area contributed by atoms with Gasteiger partial charge in [-0.1, -0.05) is 12.8 Å². The molecule has 22 heteroatoms. The van der Waals surface area contributed by atoms with Crippen molar-refractivity contribution in [1.82, 2.24) is 0 Å². The van der Waals surface area contributed by atoms with Gasteiger partial charge in [0.05, 0.1) is 76.4 Å². The molecule has 14 unspecified atom stereocenters. The molecule has 49 heavy (non-hydrogen) atoms. The second kappa shape index (κ2) is 18.3. The van der Waals surface area contributed by atoms with Crippen molar-refractivity contribution < 1.29 is 105 Å². The molecule has 0 saturated heterocycles. The molecule has 0 radical (unpaired) electrons. The Morgan fingerprint density at radius 2 is 1.20 bits per heavy atom. The number of hydrogen-bond acceptors (Lipinski definition) is 16. The molecule has 5 fully saturated rings. The van der Waals surface area contributed by atoms with E-state index in [1.54, 1.807) is 0 Å². The fraction of sp³-hybridized carbons (Fsp3) is 1.00. The van der Waals surface area contributed by atoms with Crippen molar-refractivity contribution in [2.75, 3.05) is 7.11 Å². The zero-order valence-electron chi connectivity index (χ0n) is 28.7. The van der Waals surface area contributed by atoms with Crippen LogP contribution in [-0.4, -0.2) is 109 Å². The summed E-state index contributed by atoms with van der Waals surface area (Å²) in [6.45, 7) is 0. The summed E-state index contributed by atoms with van der Waals surface area (Å²) >= 11 is 0.